The topological polar surface area (TPSA) is 41.6 Å². The Labute approximate surface area is 72.9 Å². The molecule has 0 aromatic heterocycles. The van der Waals surface area contributed by atoms with Crippen LogP contribution in [0.2, 0.25) is 0 Å². The molecule has 1 atom stereocenters. The van der Waals surface area contributed by atoms with Gasteiger partial charge in [0.1, 0.15) is 0 Å². The molecule has 1 aliphatic rings. The number of ether oxygens (including phenoxy) is 1. The average molecular weight is 172 g/mol. The van der Waals surface area contributed by atoms with Crippen molar-refractivity contribution in [3.05, 3.63) is 0 Å². The predicted molar refractivity (Wildman–Crippen MR) is 45.9 cm³/mol. The van der Waals surface area contributed by atoms with Crippen molar-refractivity contribution in [2.24, 2.45) is 0 Å². The highest BCUT2D eigenvalue weighted by Crippen LogP contribution is 2.05. The maximum absolute atomic E-state index is 10.4. The Balaban J connectivity index is 2.06. The maximum Gasteiger partial charge on any atom is 0.209 e. The molecular formula is C8H16N2O2. The van der Waals surface area contributed by atoms with Gasteiger partial charge in [-0.2, -0.15) is 0 Å². The standard InChI is InChI=1S/C8H16N2O2/c1-12-5-3-9-8-2-4-10(6-8)7-11/h7-9H,2-6H2,1H3. The summed E-state index contributed by atoms with van der Waals surface area (Å²) in [4.78, 5) is 12.2. The van der Waals surface area contributed by atoms with Gasteiger partial charge in [-0.15, -0.1) is 0 Å². The summed E-state index contributed by atoms with van der Waals surface area (Å²) in [5, 5.41) is 3.32. The van der Waals surface area contributed by atoms with E-state index >= 15 is 0 Å². The van der Waals surface area contributed by atoms with Crippen molar-refractivity contribution in [2.75, 3.05) is 33.4 Å². The van der Waals surface area contributed by atoms with Crippen LogP contribution in [0.3, 0.4) is 0 Å². The molecule has 0 radical (unpaired) electrons. The van der Waals surface area contributed by atoms with E-state index in [0.29, 0.717) is 6.04 Å². The van der Waals surface area contributed by atoms with Crippen LogP contribution in [0.4, 0.5) is 0 Å². The van der Waals surface area contributed by atoms with E-state index in [9.17, 15) is 4.79 Å². The predicted octanol–water partition coefficient (Wildman–Crippen LogP) is -0.547. The Kier molecular flexibility index (Phi) is 4.04. The zero-order valence-corrected chi connectivity index (χ0v) is 7.45. The third-order valence-corrected chi connectivity index (χ3v) is 2.11. The molecule has 4 nitrogen and oxygen atoms in total. The number of nitrogens with zero attached hydrogens (tertiary/aromatic N) is 1. The van der Waals surface area contributed by atoms with Gasteiger partial charge in [0.2, 0.25) is 6.41 Å². The molecule has 0 aliphatic carbocycles. The minimum Gasteiger partial charge on any atom is -0.383 e. The summed E-state index contributed by atoms with van der Waals surface area (Å²) in [7, 11) is 1.69. The van der Waals surface area contributed by atoms with Crippen molar-refractivity contribution in [3.63, 3.8) is 0 Å². The summed E-state index contributed by atoms with van der Waals surface area (Å²) >= 11 is 0. The first-order valence-electron chi connectivity index (χ1n) is 4.28. The van der Waals surface area contributed by atoms with Crippen LogP contribution >= 0.6 is 0 Å². The average Bonchev–Trinajstić information content (AvgIpc) is 2.53. The van der Waals surface area contributed by atoms with Crippen LogP contribution in [0, 0.1) is 0 Å². The largest absolute Gasteiger partial charge is 0.383 e. The molecule has 1 heterocycles. The van der Waals surface area contributed by atoms with Crippen molar-refractivity contribution in [1.82, 2.24) is 10.2 Å². The van der Waals surface area contributed by atoms with Crippen LogP contribution in [-0.4, -0.2) is 50.7 Å². The number of carbonyl (C=O) groups is 1. The second-order valence-corrected chi connectivity index (χ2v) is 3.03. The molecule has 1 N–H and O–H groups in total. The van der Waals surface area contributed by atoms with Crippen LogP contribution in [-0.2, 0) is 9.53 Å². The molecule has 4 heteroatoms. The highest BCUT2D eigenvalue weighted by molar-refractivity contribution is 5.47. The molecule has 0 spiro atoms. The molecular weight excluding hydrogens is 156 g/mol. The van der Waals surface area contributed by atoms with Crippen LogP contribution in [0.15, 0.2) is 0 Å². The van der Waals surface area contributed by atoms with E-state index in [2.05, 4.69) is 5.32 Å². The van der Waals surface area contributed by atoms with Gasteiger partial charge in [0.25, 0.3) is 0 Å². The fraction of sp³-hybridized carbons (Fsp3) is 0.875. The molecule has 1 aliphatic heterocycles. The second-order valence-electron chi connectivity index (χ2n) is 3.03. The van der Waals surface area contributed by atoms with Gasteiger partial charge < -0.3 is 15.0 Å². The van der Waals surface area contributed by atoms with Gasteiger partial charge in [-0.3, -0.25) is 4.79 Å². The van der Waals surface area contributed by atoms with Crippen molar-refractivity contribution in [2.45, 2.75) is 12.5 Å². The minimum atomic E-state index is 0.463. The maximum atomic E-state index is 10.4. The van der Waals surface area contributed by atoms with Gasteiger partial charge in [0.15, 0.2) is 0 Å². The van der Waals surface area contributed by atoms with E-state index in [1.165, 1.54) is 0 Å². The number of nitrogens with one attached hydrogen (secondary N) is 1. The van der Waals surface area contributed by atoms with Crippen molar-refractivity contribution in [3.8, 4) is 0 Å². The molecule has 1 unspecified atom stereocenters. The summed E-state index contributed by atoms with van der Waals surface area (Å²) in [6.07, 6.45) is 1.97. The third-order valence-electron chi connectivity index (χ3n) is 2.11. The number of methoxy groups -OCH3 is 1. The smallest absolute Gasteiger partial charge is 0.209 e. The molecule has 1 saturated heterocycles. The SMILES string of the molecule is COCCNC1CCN(C=O)C1. The minimum absolute atomic E-state index is 0.463. The molecule has 70 valence electrons. The molecule has 1 fully saturated rings. The number of rotatable bonds is 5. The first kappa shape index (κ1) is 9.48. The van der Waals surface area contributed by atoms with E-state index in [-0.39, 0.29) is 0 Å². The molecule has 0 aromatic carbocycles. The van der Waals surface area contributed by atoms with Gasteiger partial charge in [0, 0.05) is 32.8 Å². The fourth-order valence-electron chi connectivity index (χ4n) is 1.41. The van der Waals surface area contributed by atoms with Crippen molar-refractivity contribution in [1.29, 1.82) is 0 Å². The zero-order valence-electron chi connectivity index (χ0n) is 7.45. The summed E-state index contributed by atoms with van der Waals surface area (Å²) in [6, 6.07) is 0.463. The zero-order chi connectivity index (χ0) is 8.81. The monoisotopic (exact) mass is 172 g/mol. The van der Waals surface area contributed by atoms with Crippen LogP contribution in [0.1, 0.15) is 6.42 Å². The lowest BCUT2D eigenvalue weighted by Crippen LogP contribution is -2.34. The summed E-state index contributed by atoms with van der Waals surface area (Å²) in [6.45, 7) is 3.33. The number of amides is 1. The lowest BCUT2D eigenvalue weighted by molar-refractivity contribution is -0.117. The summed E-state index contributed by atoms with van der Waals surface area (Å²) < 4.78 is 4.91. The van der Waals surface area contributed by atoms with E-state index in [0.717, 1.165) is 39.1 Å². The molecule has 12 heavy (non-hydrogen) atoms. The highest BCUT2D eigenvalue weighted by Gasteiger charge is 2.19. The van der Waals surface area contributed by atoms with Crippen LogP contribution < -0.4 is 5.32 Å². The quantitative estimate of drug-likeness (QED) is 0.447. The Hall–Kier alpha value is -0.610. The molecule has 1 amide bonds. The van der Waals surface area contributed by atoms with Gasteiger partial charge in [-0.1, -0.05) is 0 Å². The van der Waals surface area contributed by atoms with Gasteiger partial charge in [-0.25, -0.2) is 0 Å². The van der Waals surface area contributed by atoms with Crippen molar-refractivity contribution >= 4 is 6.41 Å². The van der Waals surface area contributed by atoms with Crippen LogP contribution in [0.5, 0.6) is 0 Å². The molecule has 0 bridgehead atoms. The van der Waals surface area contributed by atoms with E-state index in [1.807, 2.05) is 0 Å². The Morgan fingerprint density at radius 2 is 2.58 bits per heavy atom. The first-order chi connectivity index (χ1) is 5.86. The van der Waals surface area contributed by atoms with Gasteiger partial charge >= 0.3 is 0 Å². The second kappa shape index (κ2) is 5.11. The molecule has 1 rings (SSSR count). The highest BCUT2D eigenvalue weighted by atomic mass is 16.5. The van der Waals surface area contributed by atoms with Gasteiger partial charge in [0.05, 0.1) is 6.61 Å². The number of hydrogen-bond donors (Lipinski definition) is 1. The number of likely N-dealkylation sites (tertiary alicyclic amines) is 1. The van der Waals surface area contributed by atoms with Gasteiger partial charge in [-0.05, 0) is 6.42 Å². The van der Waals surface area contributed by atoms with E-state index in [4.69, 9.17) is 4.74 Å². The van der Waals surface area contributed by atoms with Crippen LogP contribution in [0.25, 0.3) is 0 Å². The molecule has 0 aromatic rings. The van der Waals surface area contributed by atoms with Crippen molar-refractivity contribution < 1.29 is 9.53 Å². The summed E-state index contributed by atoms with van der Waals surface area (Å²) in [5.74, 6) is 0. The fourth-order valence-corrected chi connectivity index (χ4v) is 1.41. The lowest BCUT2D eigenvalue weighted by Gasteiger charge is -2.11. The normalized spacial score (nSPS) is 23.1. The Bertz CT molecular complexity index is 141. The first-order valence-corrected chi connectivity index (χ1v) is 4.28. The third kappa shape index (κ3) is 2.79. The Morgan fingerprint density at radius 3 is 3.17 bits per heavy atom. The Morgan fingerprint density at radius 1 is 1.75 bits per heavy atom. The van der Waals surface area contributed by atoms with E-state index < -0.39 is 0 Å². The lowest BCUT2D eigenvalue weighted by atomic mass is 10.3. The summed E-state index contributed by atoms with van der Waals surface area (Å²) in [5.41, 5.74) is 0. The number of carbonyl (C=O) groups excluding carboxylic acids is 1. The molecule has 0 saturated carbocycles. The number of hydrogen-bond acceptors (Lipinski definition) is 3. The van der Waals surface area contributed by atoms with E-state index in [1.54, 1.807) is 12.0 Å².